The lowest BCUT2D eigenvalue weighted by Crippen LogP contribution is -2.37. The fraction of sp³-hybridized carbons (Fsp3) is 0.316. The van der Waals surface area contributed by atoms with Gasteiger partial charge in [0.25, 0.3) is 11.8 Å². The number of hydrogen-bond donors (Lipinski definition) is 0. The third kappa shape index (κ3) is 3.47. The molecule has 1 aromatic heterocycles. The normalized spacial score (nSPS) is 13.2. The summed E-state index contributed by atoms with van der Waals surface area (Å²) in [6.45, 7) is 3.12. The number of hydrogen-bond acceptors (Lipinski definition) is 4. The summed E-state index contributed by atoms with van der Waals surface area (Å²) < 4.78 is 5.57. The smallest absolute Gasteiger partial charge is 0.264 e. The highest BCUT2D eigenvalue weighted by Crippen LogP contribution is 2.35. The van der Waals surface area contributed by atoms with E-state index in [-0.39, 0.29) is 18.4 Å². The van der Waals surface area contributed by atoms with E-state index in [4.69, 9.17) is 4.74 Å². The number of pyridine rings is 1. The Kier molecular flexibility index (Phi) is 4.97. The Morgan fingerprint density at radius 2 is 2.04 bits per heavy atom. The topological polar surface area (TPSA) is 62.7 Å². The predicted molar refractivity (Wildman–Crippen MR) is 94.9 cm³/mol. The Hall–Kier alpha value is -2.89. The molecule has 0 unspecified atom stereocenters. The maximum atomic E-state index is 13.0. The summed E-state index contributed by atoms with van der Waals surface area (Å²) in [7, 11) is 1.69. The molecule has 2 amide bonds. The Morgan fingerprint density at radius 1 is 1.28 bits per heavy atom. The van der Waals surface area contributed by atoms with Gasteiger partial charge in [0, 0.05) is 32.5 Å². The van der Waals surface area contributed by atoms with Crippen molar-refractivity contribution >= 4 is 17.5 Å². The molecule has 2 aromatic rings. The lowest BCUT2D eigenvalue weighted by Gasteiger charge is -2.29. The number of carbonyl (C=O) groups is 2. The molecule has 25 heavy (non-hydrogen) atoms. The van der Waals surface area contributed by atoms with Crippen molar-refractivity contribution < 1.29 is 14.3 Å². The molecule has 0 fully saturated rings. The number of aromatic nitrogens is 1. The van der Waals surface area contributed by atoms with E-state index in [1.165, 1.54) is 4.90 Å². The molecule has 0 saturated carbocycles. The number of nitrogens with zero attached hydrogens (tertiary/aromatic N) is 3. The molecule has 130 valence electrons. The Labute approximate surface area is 147 Å². The fourth-order valence-electron chi connectivity index (χ4n) is 2.86. The van der Waals surface area contributed by atoms with Crippen molar-refractivity contribution in [2.75, 3.05) is 31.6 Å². The summed E-state index contributed by atoms with van der Waals surface area (Å²) in [5, 5.41) is 0. The zero-order valence-corrected chi connectivity index (χ0v) is 14.4. The second-order valence-electron chi connectivity index (χ2n) is 5.89. The Morgan fingerprint density at radius 3 is 2.76 bits per heavy atom. The van der Waals surface area contributed by atoms with E-state index in [0.717, 1.165) is 12.0 Å². The SMILES string of the molecule is CCN(CCc1ccncc1)C(=O)c1cccc2c1OCC(=O)N2C. The molecule has 0 aliphatic carbocycles. The van der Waals surface area contributed by atoms with Gasteiger partial charge >= 0.3 is 0 Å². The molecular formula is C19H21N3O3. The minimum Gasteiger partial charge on any atom is -0.481 e. The molecule has 6 heteroatoms. The molecule has 1 aliphatic rings. The maximum absolute atomic E-state index is 13.0. The van der Waals surface area contributed by atoms with Crippen LogP contribution in [0.2, 0.25) is 0 Å². The number of fused-ring (bicyclic) bond motifs is 1. The van der Waals surface area contributed by atoms with Crippen molar-refractivity contribution in [1.82, 2.24) is 9.88 Å². The molecule has 0 spiro atoms. The zero-order valence-electron chi connectivity index (χ0n) is 14.4. The second-order valence-corrected chi connectivity index (χ2v) is 5.89. The monoisotopic (exact) mass is 339 g/mol. The van der Waals surface area contributed by atoms with Crippen LogP contribution < -0.4 is 9.64 Å². The number of ether oxygens (including phenoxy) is 1. The largest absolute Gasteiger partial charge is 0.481 e. The van der Waals surface area contributed by atoms with Crippen molar-refractivity contribution in [2.24, 2.45) is 0 Å². The van der Waals surface area contributed by atoms with Crippen LogP contribution in [0.4, 0.5) is 5.69 Å². The van der Waals surface area contributed by atoms with Gasteiger partial charge in [0.1, 0.15) is 0 Å². The zero-order chi connectivity index (χ0) is 17.8. The third-order valence-corrected chi connectivity index (χ3v) is 4.39. The summed E-state index contributed by atoms with van der Waals surface area (Å²) in [6, 6.07) is 9.22. The van der Waals surface area contributed by atoms with Gasteiger partial charge in [-0.25, -0.2) is 0 Å². The summed E-state index contributed by atoms with van der Waals surface area (Å²) in [4.78, 5) is 32.1. The highest BCUT2D eigenvalue weighted by Gasteiger charge is 2.28. The Bertz CT molecular complexity index is 777. The van der Waals surface area contributed by atoms with Gasteiger partial charge < -0.3 is 14.5 Å². The predicted octanol–water partition coefficient (Wildman–Crippen LogP) is 2.14. The van der Waals surface area contributed by atoms with Crippen LogP contribution in [0.25, 0.3) is 0 Å². The van der Waals surface area contributed by atoms with Crippen molar-refractivity contribution in [3.05, 3.63) is 53.9 Å². The van der Waals surface area contributed by atoms with E-state index in [0.29, 0.717) is 30.1 Å². The first-order valence-electron chi connectivity index (χ1n) is 8.32. The van der Waals surface area contributed by atoms with Gasteiger partial charge in [0.05, 0.1) is 11.3 Å². The van der Waals surface area contributed by atoms with Crippen LogP contribution in [0.1, 0.15) is 22.8 Å². The molecular weight excluding hydrogens is 318 g/mol. The van der Waals surface area contributed by atoms with Gasteiger partial charge in [-0.3, -0.25) is 14.6 Å². The summed E-state index contributed by atoms with van der Waals surface area (Å²) >= 11 is 0. The van der Waals surface area contributed by atoms with Crippen LogP contribution >= 0.6 is 0 Å². The van der Waals surface area contributed by atoms with E-state index in [9.17, 15) is 9.59 Å². The number of rotatable bonds is 5. The lowest BCUT2D eigenvalue weighted by molar-refractivity contribution is -0.121. The van der Waals surface area contributed by atoms with Crippen molar-refractivity contribution in [2.45, 2.75) is 13.3 Å². The first-order chi connectivity index (χ1) is 12.1. The fourth-order valence-corrected chi connectivity index (χ4v) is 2.86. The highest BCUT2D eigenvalue weighted by atomic mass is 16.5. The first-order valence-corrected chi connectivity index (χ1v) is 8.32. The molecule has 3 rings (SSSR count). The van der Waals surface area contributed by atoms with Gasteiger partial charge in [-0.05, 0) is 43.2 Å². The van der Waals surface area contributed by atoms with Crippen LogP contribution in [0.5, 0.6) is 5.75 Å². The van der Waals surface area contributed by atoms with Gasteiger partial charge in [-0.1, -0.05) is 6.07 Å². The maximum Gasteiger partial charge on any atom is 0.264 e. The third-order valence-electron chi connectivity index (χ3n) is 4.39. The summed E-state index contributed by atoms with van der Waals surface area (Å²) in [5.41, 5.74) is 2.26. The van der Waals surface area contributed by atoms with E-state index in [2.05, 4.69) is 4.98 Å². The molecule has 0 bridgehead atoms. The first kappa shape index (κ1) is 17.0. The van der Waals surface area contributed by atoms with Crippen molar-refractivity contribution in [1.29, 1.82) is 0 Å². The number of benzene rings is 1. The van der Waals surface area contributed by atoms with Crippen molar-refractivity contribution in [3.63, 3.8) is 0 Å². The summed E-state index contributed by atoms with van der Waals surface area (Å²) in [5.74, 6) is 0.273. The van der Waals surface area contributed by atoms with E-state index in [1.54, 1.807) is 42.5 Å². The van der Waals surface area contributed by atoms with Crippen molar-refractivity contribution in [3.8, 4) is 5.75 Å². The van der Waals surface area contributed by atoms with Crippen LogP contribution in [0.15, 0.2) is 42.7 Å². The van der Waals surface area contributed by atoms with E-state index < -0.39 is 0 Å². The van der Waals surface area contributed by atoms with E-state index >= 15 is 0 Å². The molecule has 0 radical (unpaired) electrons. The van der Waals surface area contributed by atoms with Crippen LogP contribution in [0.3, 0.4) is 0 Å². The molecule has 0 saturated heterocycles. The summed E-state index contributed by atoms with van der Waals surface area (Å²) in [6.07, 6.45) is 4.26. The lowest BCUT2D eigenvalue weighted by atomic mass is 10.1. The Balaban J connectivity index is 1.80. The molecule has 2 heterocycles. The number of para-hydroxylation sites is 1. The molecule has 0 atom stereocenters. The number of likely N-dealkylation sites (N-methyl/N-ethyl adjacent to an activating group) is 2. The van der Waals surface area contributed by atoms with Gasteiger partial charge in [0.15, 0.2) is 12.4 Å². The minimum atomic E-state index is -0.123. The minimum absolute atomic E-state index is 0.0447. The van der Waals surface area contributed by atoms with E-state index in [1.807, 2.05) is 19.1 Å². The molecule has 6 nitrogen and oxygen atoms in total. The second kappa shape index (κ2) is 7.34. The number of amides is 2. The molecule has 1 aromatic carbocycles. The van der Waals surface area contributed by atoms with Gasteiger partial charge in [-0.15, -0.1) is 0 Å². The van der Waals surface area contributed by atoms with Gasteiger partial charge in [-0.2, -0.15) is 0 Å². The van der Waals surface area contributed by atoms with Gasteiger partial charge in [0.2, 0.25) is 0 Å². The standard InChI is InChI=1S/C19H21N3O3/c1-3-22(12-9-14-7-10-20-11-8-14)19(24)15-5-4-6-16-18(15)25-13-17(23)21(16)2/h4-8,10-11H,3,9,12-13H2,1-2H3. The number of anilines is 1. The average Bonchev–Trinajstić information content (AvgIpc) is 2.65. The van der Waals surface area contributed by atoms with Crippen LogP contribution in [-0.2, 0) is 11.2 Å². The average molecular weight is 339 g/mol. The quantitative estimate of drug-likeness (QED) is 0.837. The molecule has 1 aliphatic heterocycles. The van der Waals surface area contributed by atoms with Crippen LogP contribution in [-0.4, -0.2) is 48.4 Å². The molecule has 0 N–H and O–H groups in total. The van der Waals surface area contributed by atoms with Crippen LogP contribution in [0, 0.1) is 0 Å². The highest BCUT2D eigenvalue weighted by molar-refractivity contribution is 6.04. The number of carbonyl (C=O) groups excluding carboxylic acids is 2.